The Morgan fingerprint density at radius 3 is 2.65 bits per heavy atom. The number of hydrogen-bond acceptors (Lipinski definition) is 5. The monoisotopic (exact) mass is 242 g/mol. The summed E-state index contributed by atoms with van der Waals surface area (Å²) < 4.78 is 4.51. The molecule has 2 amide bonds. The van der Waals surface area contributed by atoms with Gasteiger partial charge in [-0.3, -0.25) is 14.5 Å². The highest BCUT2D eigenvalue weighted by atomic mass is 16.5. The number of carboxylic acids is 1. The second-order valence-electron chi connectivity index (χ2n) is 4.14. The van der Waals surface area contributed by atoms with Gasteiger partial charge in [-0.1, -0.05) is 0 Å². The number of imide groups is 1. The fourth-order valence-corrected chi connectivity index (χ4v) is 2.50. The molecule has 2 aliphatic heterocycles. The maximum atomic E-state index is 12.0. The lowest BCUT2D eigenvalue weighted by Gasteiger charge is -2.36. The molecule has 2 fully saturated rings. The zero-order chi connectivity index (χ0) is 12.6. The fraction of sp³-hybridized carbons (Fsp3) is 0.700. The number of carbonyl (C=O) groups excluding carboxylic acids is 2. The van der Waals surface area contributed by atoms with E-state index in [1.807, 2.05) is 0 Å². The highest BCUT2D eigenvalue weighted by molar-refractivity contribution is 5.96. The normalized spacial score (nSPS) is 29.0. The van der Waals surface area contributed by atoms with Crippen LogP contribution in [0.15, 0.2) is 0 Å². The van der Waals surface area contributed by atoms with Crippen molar-refractivity contribution in [2.24, 2.45) is 0 Å². The van der Waals surface area contributed by atoms with E-state index in [1.165, 1.54) is 7.11 Å². The number of fused-ring (bicyclic) bond motifs is 1. The van der Waals surface area contributed by atoms with Crippen molar-refractivity contribution < 1.29 is 24.2 Å². The first-order valence-corrected chi connectivity index (χ1v) is 5.44. The number of carboxylic acid groups (broad SMARTS) is 1. The molecular formula is C10H14N2O5. The molecule has 0 aliphatic carbocycles. The molecule has 1 N–H and O–H groups in total. The average molecular weight is 242 g/mol. The number of hydrogen-bond donors (Lipinski definition) is 1. The van der Waals surface area contributed by atoms with Crippen molar-refractivity contribution in [3.63, 3.8) is 0 Å². The van der Waals surface area contributed by atoms with Gasteiger partial charge in [-0.2, -0.15) is 0 Å². The molecule has 0 aromatic rings. The summed E-state index contributed by atoms with van der Waals surface area (Å²) in [4.78, 5) is 37.0. The molecule has 0 saturated carbocycles. The molecule has 2 aliphatic rings. The molecule has 7 nitrogen and oxygen atoms in total. The minimum Gasteiger partial charge on any atom is -0.480 e. The Kier molecular flexibility index (Phi) is 3.01. The molecule has 2 atom stereocenters. The van der Waals surface area contributed by atoms with Gasteiger partial charge in [-0.05, 0) is 12.8 Å². The van der Waals surface area contributed by atoms with Crippen molar-refractivity contribution in [2.45, 2.75) is 24.9 Å². The summed E-state index contributed by atoms with van der Waals surface area (Å²) in [5.74, 6) is -1.27. The highest BCUT2D eigenvalue weighted by Crippen LogP contribution is 2.28. The van der Waals surface area contributed by atoms with Gasteiger partial charge < -0.3 is 9.84 Å². The van der Waals surface area contributed by atoms with Crippen molar-refractivity contribution >= 4 is 18.0 Å². The Hall–Kier alpha value is -1.63. The van der Waals surface area contributed by atoms with Crippen LogP contribution in [0.25, 0.3) is 0 Å². The summed E-state index contributed by atoms with van der Waals surface area (Å²) in [5, 5.41) is 9.00. The lowest BCUT2D eigenvalue weighted by Crippen LogP contribution is -2.58. The SMILES string of the molecule is COC(=O)N1CCN2C(C(=O)O)CCC2C1=O. The van der Waals surface area contributed by atoms with Gasteiger partial charge in [0.05, 0.1) is 13.2 Å². The van der Waals surface area contributed by atoms with E-state index in [9.17, 15) is 14.4 Å². The van der Waals surface area contributed by atoms with E-state index >= 15 is 0 Å². The van der Waals surface area contributed by atoms with Crippen LogP contribution in [-0.4, -0.2) is 65.2 Å². The van der Waals surface area contributed by atoms with Crippen molar-refractivity contribution in [1.82, 2.24) is 9.80 Å². The van der Waals surface area contributed by atoms with Crippen molar-refractivity contribution in [2.75, 3.05) is 20.2 Å². The van der Waals surface area contributed by atoms with Crippen molar-refractivity contribution in [1.29, 1.82) is 0 Å². The zero-order valence-electron chi connectivity index (χ0n) is 9.46. The second kappa shape index (κ2) is 4.33. The highest BCUT2D eigenvalue weighted by Gasteiger charge is 2.47. The molecule has 0 bridgehead atoms. The van der Waals surface area contributed by atoms with Crippen LogP contribution in [0.1, 0.15) is 12.8 Å². The number of carbonyl (C=O) groups is 3. The number of amides is 2. The van der Waals surface area contributed by atoms with Crippen LogP contribution in [0.2, 0.25) is 0 Å². The van der Waals surface area contributed by atoms with Crippen molar-refractivity contribution in [3.8, 4) is 0 Å². The minimum atomic E-state index is -0.910. The number of nitrogens with zero attached hydrogens (tertiary/aromatic N) is 2. The molecule has 0 aromatic heterocycles. The Morgan fingerprint density at radius 1 is 1.35 bits per heavy atom. The average Bonchev–Trinajstić information content (AvgIpc) is 2.73. The summed E-state index contributed by atoms with van der Waals surface area (Å²) in [6, 6.07) is -1.10. The molecule has 2 unspecified atom stereocenters. The number of ether oxygens (including phenoxy) is 1. The smallest absolute Gasteiger partial charge is 0.416 e. The Labute approximate surface area is 97.9 Å². The molecular weight excluding hydrogens is 228 g/mol. The van der Waals surface area contributed by atoms with Gasteiger partial charge in [0.2, 0.25) is 5.91 Å². The number of rotatable bonds is 1. The minimum absolute atomic E-state index is 0.186. The van der Waals surface area contributed by atoms with E-state index < -0.39 is 24.1 Å². The third-order valence-electron chi connectivity index (χ3n) is 3.33. The fourth-order valence-electron chi connectivity index (χ4n) is 2.50. The van der Waals surface area contributed by atoms with E-state index in [0.29, 0.717) is 19.4 Å². The summed E-state index contributed by atoms with van der Waals surface area (Å²) in [6.07, 6.45) is 0.248. The van der Waals surface area contributed by atoms with E-state index in [-0.39, 0.29) is 12.5 Å². The Bertz CT molecular complexity index is 370. The standard InChI is InChI=1S/C10H14N2O5/c1-17-10(16)12-5-4-11-6(8(12)13)2-3-7(11)9(14)15/h6-7H,2-5H2,1H3,(H,14,15). The molecule has 2 saturated heterocycles. The second-order valence-corrected chi connectivity index (χ2v) is 4.14. The van der Waals surface area contributed by atoms with Gasteiger partial charge in [0.1, 0.15) is 6.04 Å². The Balaban J connectivity index is 2.13. The molecule has 94 valence electrons. The van der Waals surface area contributed by atoms with Gasteiger partial charge in [0.25, 0.3) is 0 Å². The van der Waals surface area contributed by atoms with Crippen LogP contribution in [0, 0.1) is 0 Å². The predicted octanol–water partition coefficient (Wildman–Crippen LogP) is -0.487. The van der Waals surface area contributed by atoms with Crippen LogP contribution in [0.3, 0.4) is 0 Å². The van der Waals surface area contributed by atoms with Crippen LogP contribution in [0.4, 0.5) is 4.79 Å². The molecule has 17 heavy (non-hydrogen) atoms. The van der Waals surface area contributed by atoms with Gasteiger partial charge >= 0.3 is 12.1 Å². The maximum absolute atomic E-state index is 12.0. The topological polar surface area (TPSA) is 87.2 Å². The predicted molar refractivity (Wildman–Crippen MR) is 55.3 cm³/mol. The first-order chi connectivity index (χ1) is 8.06. The van der Waals surface area contributed by atoms with Gasteiger partial charge in [0, 0.05) is 13.1 Å². The summed E-state index contributed by atoms with van der Waals surface area (Å²) in [5.41, 5.74) is 0. The third-order valence-corrected chi connectivity index (χ3v) is 3.33. The van der Waals surface area contributed by atoms with Gasteiger partial charge in [0.15, 0.2) is 0 Å². The van der Waals surface area contributed by atoms with E-state index in [2.05, 4.69) is 4.74 Å². The molecule has 0 radical (unpaired) electrons. The molecule has 2 rings (SSSR count). The largest absolute Gasteiger partial charge is 0.480 e. The first-order valence-electron chi connectivity index (χ1n) is 5.44. The van der Waals surface area contributed by atoms with E-state index in [4.69, 9.17) is 5.11 Å². The zero-order valence-corrected chi connectivity index (χ0v) is 9.46. The van der Waals surface area contributed by atoms with Crippen molar-refractivity contribution in [3.05, 3.63) is 0 Å². The van der Waals surface area contributed by atoms with E-state index in [0.717, 1.165) is 4.90 Å². The summed E-state index contributed by atoms with van der Waals surface area (Å²) in [7, 11) is 1.22. The van der Waals surface area contributed by atoms with Crippen LogP contribution in [0.5, 0.6) is 0 Å². The summed E-state index contributed by atoms with van der Waals surface area (Å²) in [6.45, 7) is 0.578. The number of methoxy groups -OCH3 is 1. The van der Waals surface area contributed by atoms with Crippen LogP contribution in [-0.2, 0) is 14.3 Å². The number of aliphatic carboxylic acids is 1. The van der Waals surface area contributed by atoms with Gasteiger partial charge in [-0.25, -0.2) is 9.69 Å². The molecule has 0 aromatic carbocycles. The van der Waals surface area contributed by atoms with Crippen LogP contribution < -0.4 is 0 Å². The maximum Gasteiger partial charge on any atom is 0.416 e. The molecule has 0 spiro atoms. The lowest BCUT2D eigenvalue weighted by molar-refractivity contribution is -0.146. The first kappa shape index (κ1) is 11.8. The number of piperazine rings is 1. The van der Waals surface area contributed by atoms with E-state index in [1.54, 1.807) is 4.90 Å². The Morgan fingerprint density at radius 2 is 2.06 bits per heavy atom. The third kappa shape index (κ3) is 1.86. The van der Waals surface area contributed by atoms with Gasteiger partial charge in [-0.15, -0.1) is 0 Å². The lowest BCUT2D eigenvalue weighted by atomic mass is 10.1. The quantitative estimate of drug-likeness (QED) is 0.667. The summed E-state index contributed by atoms with van der Waals surface area (Å²) >= 11 is 0. The van der Waals surface area contributed by atoms with Crippen LogP contribution >= 0.6 is 0 Å². The molecule has 7 heteroatoms. The molecule has 2 heterocycles.